The molecule has 156 valence electrons. The zero-order chi connectivity index (χ0) is 19.8. The summed E-state index contributed by atoms with van der Waals surface area (Å²) in [5.41, 5.74) is 0. The molecule has 2 aliphatic heterocycles. The van der Waals surface area contributed by atoms with Crippen molar-refractivity contribution in [3.05, 3.63) is 0 Å². The van der Waals surface area contributed by atoms with E-state index in [1.165, 1.54) is 19.3 Å². The Morgan fingerprint density at radius 3 is 2.15 bits per heavy atom. The fourth-order valence-corrected chi connectivity index (χ4v) is 3.76. The van der Waals surface area contributed by atoms with Crippen LogP contribution in [0.4, 0.5) is 0 Å². The van der Waals surface area contributed by atoms with E-state index in [2.05, 4.69) is 16.7 Å². The normalized spacial score (nSPS) is 27.0. The fraction of sp³-hybridized carbons (Fsp3) is 0.900. The van der Waals surface area contributed by atoms with Crippen LogP contribution in [0.1, 0.15) is 53.4 Å². The van der Waals surface area contributed by atoms with Crippen LogP contribution in [0.2, 0.25) is 0 Å². The van der Waals surface area contributed by atoms with Gasteiger partial charge in [-0.25, -0.2) is 0 Å². The summed E-state index contributed by atoms with van der Waals surface area (Å²) >= 11 is 0. The zero-order valence-corrected chi connectivity index (χ0v) is 17.3. The average molecular weight is 385 g/mol. The molecule has 2 saturated heterocycles. The second-order valence-corrected chi connectivity index (χ2v) is 8.01. The number of hydrogen-bond acceptors (Lipinski definition) is 7. The summed E-state index contributed by atoms with van der Waals surface area (Å²) in [5.74, 6) is -1.18. The molecule has 0 bridgehead atoms. The molecule has 27 heavy (non-hydrogen) atoms. The van der Waals surface area contributed by atoms with Crippen LogP contribution in [0, 0.1) is 11.8 Å². The molecule has 7 nitrogen and oxygen atoms in total. The maximum absolute atomic E-state index is 12.2. The van der Waals surface area contributed by atoms with Gasteiger partial charge in [0.05, 0.1) is 11.8 Å². The van der Waals surface area contributed by atoms with Crippen molar-refractivity contribution in [2.45, 2.75) is 65.6 Å². The van der Waals surface area contributed by atoms with Crippen LogP contribution < -0.4 is 0 Å². The third-order valence-corrected chi connectivity index (χ3v) is 5.63. The Balaban J connectivity index is 1.65. The van der Waals surface area contributed by atoms with Crippen LogP contribution in [0.3, 0.4) is 0 Å². The molecule has 0 aliphatic carbocycles. The van der Waals surface area contributed by atoms with E-state index >= 15 is 0 Å². The Labute approximate surface area is 163 Å². The van der Waals surface area contributed by atoms with Gasteiger partial charge in [-0.15, -0.1) is 0 Å². The number of carbonyl (C=O) groups is 2. The third kappa shape index (κ3) is 7.05. The van der Waals surface area contributed by atoms with Crippen molar-refractivity contribution >= 4 is 11.9 Å². The Bertz CT molecular complexity index is 445. The minimum Gasteiger partial charge on any atom is -0.428 e. The largest absolute Gasteiger partial charge is 0.428 e. The first-order valence-corrected chi connectivity index (χ1v) is 10.3. The van der Waals surface area contributed by atoms with Gasteiger partial charge in [0.2, 0.25) is 6.79 Å². The highest BCUT2D eigenvalue weighted by molar-refractivity contribution is 5.73. The monoisotopic (exact) mass is 384 g/mol. The van der Waals surface area contributed by atoms with Crippen LogP contribution in [0.25, 0.3) is 0 Å². The first-order chi connectivity index (χ1) is 12.9. The number of likely N-dealkylation sites (tertiary alicyclic amines) is 1. The maximum atomic E-state index is 12.2. The quantitative estimate of drug-likeness (QED) is 0.470. The summed E-state index contributed by atoms with van der Waals surface area (Å²) in [4.78, 5) is 28.8. The topological polar surface area (TPSA) is 68.3 Å². The molecular weight excluding hydrogens is 348 g/mol. The Morgan fingerprint density at radius 2 is 1.56 bits per heavy atom. The third-order valence-electron chi connectivity index (χ3n) is 5.63. The first kappa shape index (κ1) is 22.1. The highest BCUT2D eigenvalue weighted by Gasteiger charge is 2.26. The Hall–Kier alpha value is -1.18. The van der Waals surface area contributed by atoms with Crippen molar-refractivity contribution in [1.29, 1.82) is 0 Å². The molecule has 0 aromatic heterocycles. The molecule has 0 amide bonds. The van der Waals surface area contributed by atoms with Gasteiger partial charge >= 0.3 is 11.9 Å². The number of hydrogen-bond donors (Lipinski definition) is 0. The van der Waals surface area contributed by atoms with Crippen molar-refractivity contribution < 1.29 is 23.8 Å². The lowest BCUT2D eigenvalue weighted by atomic mass is 10.0. The van der Waals surface area contributed by atoms with Crippen molar-refractivity contribution in [1.82, 2.24) is 9.80 Å². The molecule has 0 aromatic carbocycles. The molecule has 4 unspecified atom stereocenters. The highest BCUT2D eigenvalue weighted by atomic mass is 16.7. The molecular formula is C20H36N2O5. The SMILES string of the molecule is CC(CN1CCCCC1C)C(=O)OCOC(=O)C(C)CN1CCCOC1C. The molecule has 4 atom stereocenters. The Kier molecular flexibility index (Phi) is 8.99. The number of carbonyl (C=O) groups excluding carboxylic acids is 2. The number of esters is 2. The summed E-state index contributed by atoms with van der Waals surface area (Å²) in [6, 6.07) is 0.508. The minimum absolute atomic E-state index is 0.0184. The van der Waals surface area contributed by atoms with E-state index in [1.807, 2.05) is 20.8 Å². The van der Waals surface area contributed by atoms with E-state index in [0.29, 0.717) is 19.1 Å². The maximum Gasteiger partial charge on any atom is 0.312 e. The van der Waals surface area contributed by atoms with Crippen LogP contribution in [-0.4, -0.2) is 73.6 Å². The van der Waals surface area contributed by atoms with E-state index in [4.69, 9.17) is 14.2 Å². The van der Waals surface area contributed by atoms with Gasteiger partial charge in [0.25, 0.3) is 0 Å². The lowest BCUT2D eigenvalue weighted by Gasteiger charge is -2.34. The molecule has 2 rings (SSSR count). The molecule has 2 heterocycles. The zero-order valence-electron chi connectivity index (χ0n) is 17.3. The van der Waals surface area contributed by atoms with Crippen molar-refractivity contribution in [2.75, 3.05) is 39.6 Å². The Morgan fingerprint density at radius 1 is 0.963 bits per heavy atom. The average Bonchev–Trinajstić information content (AvgIpc) is 2.65. The predicted molar refractivity (Wildman–Crippen MR) is 102 cm³/mol. The van der Waals surface area contributed by atoms with Gasteiger partial charge in [-0.05, 0) is 39.7 Å². The van der Waals surface area contributed by atoms with Gasteiger partial charge in [0, 0.05) is 32.3 Å². The predicted octanol–water partition coefficient (Wildman–Crippen LogP) is 2.25. The van der Waals surface area contributed by atoms with Gasteiger partial charge in [0.15, 0.2) is 0 Å². The molecule has 2 fully saturated rings. The molecule has 0 spiro atoms. The van der Waals surface area contributed by atoms with E-state index in [0.717, 1.165) is 26.1 Å². The summed E-state index contributed by atoms with van der Waals surface area (Å²) in [6.45, 7) is 11.6. The fourth-order valence-electron chi connectivity index (χ4n) is 3.76. The van der Waals surface area contributed by atoms with Gasteiger partial charge in [0.1, 0.15) is 6.23 Å². The molecule has 0 aromatic rings. The smallest absolute Gasteiger partial charge is 0.312 e. The second kappa shape index (κ2) is 11.0. The summed E-state index contributed by atoms with van der Waals surface area (Å²) in [7, 11) is 0. The van der Waals surface area contributed by atoms with Gasteiger partial charge in [-0.3, -0.25) is 19.4 Å². The van der Waals surface area contributed by atoms with Crippen LogP contribution in [-0.2, 0) is 23.8 Å². The van der Waals surface area contributed by atoms with E-state index in [-0.39, 0.29) is 36.8 Å². The number of rotatable bonds is 8. The molecule has 2 aliphatic rings. The lowest BCUT2D eigenvalue weighted by molar-refractivity contribution is -0.173. The summed E-state index contributed by atoms with van der Waals surface area (Å²) in [5, 5.41) is 0. The van der Waals surface area contributed by atoms with E-state index in [1.54, 1.807) is 0 Å². The van der Waals surface area contributed by atoms with Crippen LogP contribution >= 0.6 is 0 Å². The van der Waals surface area contributed by atoms with Gasteiger partial charge in [-0.1, -0.05) is 20.3 Å². The summed E-state index contributed by atoms with van der Waals surface area (Å²) in [6.07, 6.45) is 4.61. The standard InChI is InChI=1S/C20H36N2O5/c1-15(12-21-9-6-5-8-17(21)3)19(23)26-14-27-20(24)16(2)13-22-10-7-11-25-18(22)4/h15-18H,5-14H2,1-4H3. The number of nitrogens with zero attached hydrogens (tertiary/aromatic N) is 2. The van der Waals surface area contributed by atoms with Crippen LogP contribution in [0.15, 0.2) is 0 Å². The van der Waals surface area contributed by atoms with E-state index < -0.39 is 0 Å². The van der Waals surface area contributed by atoms with Crippen LogP contribution in [0.5, 0.6) is 0 Å². The molecule has 0 N–H and O–H groups in total. The molecule has 7 heteroatoms. The second-order valence-electron chi connectivity index (χ2n) is 8.01. The van der Waals surface area contributed by atoms with Crippen molar-refractivity contribution in [3.63, 3.8) is 0 Å². The first-order valence-electron chi connectivity index (χ1n) is 10.3. The van der Waals surface area contributed by atoms with E-state index in [9.17, 15) is 9.59 Å². The van der Waals surface area contributed by atoms with Crippen molar-refractivity contribution in [2.24, 2.45) is 11.8 Å². The lowest BCUT2D eigenvalue weighted by Crippen LogP contribution is -2.44. The summed E-state index contributed by atoms with van der Waals surface area (Å²) < 4.78 is 15.9. The molecule has 0 saturated carbocycles. The van der Waals surface area contributed by atoms with Crippen molar-refractivity contribution in [3.8, 4) is 0 Å². The van der Waals surface area contributed by atoms with Gasteiger partial charge in [-0.2, -0.15) is 0 Å². The number of piperidine rings is 1. The minimum atomic E-state index is -0.349. The highest BCUT2D eigenvalue weighted by Crippen LogP contribution is 2.18. The van der Waals surface area contributed by atoms with Gasteiger partial charge < -0.3 is 14.2 Å². The molecule has 0 radical (unpaired) electrons. The number of ether oxygens (including phenoxy) is 3.